The summed E-state index contributed by atoms with van der Waals surface area (Å²) in [5.74, 6) is 2.18. The molecule has 0 aliphatic carbocycles. The molecule has 2 atom stereocenters. The van der Waals surface area contributed by atoms with Gasteiger partial charge in [0, 0.05) is 42.1 Å². The summed E-state index contributed by atoms with van der Waals surface area (Å²) >= 11 is 0. The van der Waals surface area contributed by atoms with E-state index in [1.165, 1.54) is 5.56 Å². The molecule has 0 bridgehead atoms. The van der Waals surface area contributed by atoms with E-state index in [-0.39, 0.29) is 17.9 Å². The number of piperidine rings is 1. The minimum absolute atomic E-state index is 0.00378. The van der Waals surface area contributed by atoms with Crippen LogP contribution in [0.25, 0.3) is 10.9 Å². The Balaban J connectivity index is 1.47. The molecule has 7 nitrogen and oxygen atoms in total. The number of anilines is 1. The Labute approximate surface area is 204 Å². The van der Waals surface area contributed by atoms with Crippen LogP contribution in [0.1, 0.15) is 28.3 Å². The van der Waals surface area contributed by atoms with Crippen molar-refractivity contribution in [3.8, 4) is 11.5 Å². The fourth-order valence-corrected chi connectivity index (χ4v) is 4.82. The van der Waals surface area contributed by atoms with Crippen molar-refractivity contribution in [2.24, 2.45) is 0 Å². The average Bonchev–Trinajstić information content (AvgIpc) is 2.93. The molecule has 2 unspecified atom stereocenters. The zero-order chi connectivity index (χ0) is 24.2. The topological polar surface area (TPSA) is 76.6 Å². The van der Waals surface area contributed by atoms with Gasteiger partial charge < -0.3 is 19.7 Å². The lowest BCUT2D eigenvalue weighted by Gasteiger charge is -2.40. The van der Waals surface area contributed by atoms with Crippen LogP contribution in [0.2, 0.25) is 0 Å². The van der Waals surface area contributed by atoms with Crippen LogP contribution >= 0.6 is 0 Å². The minimum atomic E-state index is -0.0469. The first-order chi connectivity index (χ1) is 17.2. The Morgan fingerprint density at radius 2 is 1.63 bits per heavy atom. The number of amides is 1. The normalized spacial score (nSPS) is 17.7. The van der Waals surface area contributed by atoms with E-state index in [9.17, 15) is 4.79 Å². The quantitative estimate of drug-likeness (QED) is 0.451. The first-order valence-corrected chi connectivity index (χ1v) is 11.7. The number of nitrogens with zero attached hydrogens (tertiary/aromatic N) is 3. The van der Waals surface area contributed by atoms with E-state index < -0.39 is 0 Å². The van der Waals surface area contributed by atoms with E-state index in [1.807, 2.05) is 60.7 Å². The average molecular weight is 469 g/mol. The summed E-state index contributed by atoms with van der Waals surface area (Å²) in [6.07, 6.45) is 2.38. The number of benzene rings is 3. The minimum Gasteiger partial charge on any atom is -0.493 e. The van der Waals surface area contributed by atoms with Gasteiger partial charge in [0.2, 0.25) is 0 Å². The van der Waals surface area contributed by atoms with E-state index in [4.69, 9.17) is 9.47 Å². The van der Waals surface area contributed by atoms with Gasteiger partial charge in [-0.15, -0.1) is 0 Å². The number of hydrogen-bond donors (Lipinski definition) is 1. The number of ether oxygens (including phenoxy) is 2. The van der Waals surface area contributed by atoms with Crippen molar-refractivity contribution in [3.05, 3.63) is 90.3 Å². The number of fused-ring (bicyclic) bond motifs is 1. The van der Waals surface area contributed by atoms with Gasteiger partial charge in [0.15, 0.2) is 11.5 Å². The van der Waals surface area contributed by atoms with Crippen LogP contribution in [-0.2, 0) is 0 Å². The van der Waals surface area contributed by atoms with Crippen LogP contribution in [0.4, 0.5) is 5.82 Å². The standard InChI is InChI=1S/C28H28N4O3/c1-34-25-15-21-24(16-26(25)35-2)29-18-30-27(21)32-14-13-23(22(17-32)19-9-5-3-6-10-19)31-28(33)20-11-7-4-8-12-20/h3-12,15-16,18,22-23H,13-14,17H2,1-2H3,(H,31,33). The van der Waals surface area contributed by atoms with Crippen molar-refractivity contribution < 1.29 is 14.3 Å². The third kappa shape index (κ3) is 4.62. The van der Waals surface area contributed by atoms with Crippen molar-refractivity contribution in [2.75, 3.05) is 32.2 Å². The number of methoxy groups -OCH3 is 2. The van der Waals surface area contributed by atoms with E-state index in [0.29, 0.717) is 23.6 Å². The predicted octanol–water partition coefficient (Wildman–Crippen LogP) is 4.44. The molecule has 0 saturated carbocycles. The van der Waals surface area contributed by atoms with Crippen molar-refractivity contribution >= 4 is 22.6 Å². The molecule has 5 rings (SSSR count). The Morgan fingerprint density at radius 3 is 2.34 bits per heavy atom. The van der Waals surface area contributed by atoms with Crippen molar-refractivity contribution in [1.29, 1.82) is 0 Å². The third-order valence-corrected chi connectivity index (χ3v) is 6.61. The van der Waals surface area contributed by atoms with Gasteiger partial charge in [-0.3, -0.25) is 4.79 Å². The second-order valence-electron chi connectivity index (χ2n) is 8.62. The zero-order valence-electron chi connectivity index (χ0n) is 19.8. The summed E-state index contributed by atoms with van der Waals surface area (Å²) < 4.78 is 11.0. The summed E-state index contributed by atoms with van der Waals surface area (Å²) in [6, 6.07) is 23.5. The van der Waals surface area contributed by atoms with Crippen LogP contribution in [0.5, 0.6) is 11.5 Å². The number of nitrogens with one attached hydrogen (secondary N) is 1. The molecule has 1 fully saturated rings. The van der Waals surface area contributed by atoms with Crippen molar-refractivity contribution in [1.82, 2.24) is 15.3 Å². The van der Waals surface area contributed by atoms with Crippen molar-refractivity contribution in [3.63, 3.8) is 0 Å². The van der Waals surface area contributed by atoms with Gasteiger partial charge in [-0.25, -0.2) is 9.97 Å². The molecule has 2 heterocycles. The largest absolute Gasteiger partial charge is 0.493 e. The third-order valence-electron chi connectivity index (χ3n) is 6.61. The van der Waals surface area contributed by atoms with Gasteiger partial charge in [-0.1, -0.05) is 48.5 Å². The number of carbonyl (C=O) groups excluding carboxylic acids is 1. The van der Waals surface area contributed by atoms with E-state index in [0.717, 1.165) is 29.7 Å². The molecule has 7 heteroatoms. The highest BCUT2D eigenvalue weighted by atomic mass is 16.5. The van der Waals surface area contributed by atoms with Gasteiger partial charge in [0.05, 0.1) is 19.7 Å². The summed E-state index contributed by atoms with van der Waals surface area (Å²) in [5.41, 5.74) is 2.65. The maximum absolute atomic E-state index is 13.0. The first-order valence-electron chi connectivity index (χ1n) is 11.7. The van der Waals surface area contributed by atoms with E-state index in [2.05, 4.69) is 32.3 Å². The van der Waals surface area contributed by atoms with Crippen LogP contribution in [0.3, 0.4) is 0 Å². The molecule has 1 aromatic heterocycles. The van der Waals surface area contributed by atoms with E-state index in [1.54, 1.807) is 20.5 Å². The lowest BCUT2D eigenvalue weighted by molar-refractivity contribution is 0.0925. The summed E-state index contributed by atoms with van der Waals surface area (Å²) in [7, 11) is 3.24. The monoisotopic (exact) mass is 468 g/mol. The maximum atomic E-state index is 13.0. The Kier molecular flexibility index (Phi) is 6.48. The fraction of sp³-hybridized carbons (Fsp3) is 0.250. The van der Waals surface area contributed by atoms with Gasteiger partial charge in [0.1, 0.15) is 12.1 Å². The second kappa shape index (κ2) is 10.0. The molecular formula is C28H28N4O3. The SMILES string of the molecule is COc1cc2ncnc(N3CCC(NC(=O)c4ccccc4)C(c4ccccc4)C3)c2cc1OC. The molecule has 1 amide bonds. The summed E-state index contributed by atoms with van der Waals surface area (Å²) in [4.78, 5) is 24.4. The van der Waals surface area contributed by atoms with Gasteiger partial charge >= 0.3 is 0 Å². The zero-order valence-corrected chi connectivity index (χ0v) is 19.8. The lowest BCUT2D eigenvalue weighted by atomic mass is 9.85. The number of aromatic nitrogens is 2. The number of hydrogen-bond acceptors (Lipinski definition) is 6. The molecule has 0 spiro atoms. The molecule has 4 aromatic rings. The molecule has 1 aliphatic heterocycles. The maximum Gasteiger partial charge on any atom is 0.251 e. The predicted molar refractivity (Wildman–Crippen MR) is 136 cm³/mol. The van der Waals surface area contributed by atoms with Gasteiger partial charge in [-0.2, -0.15) is 0 Å². The fourth-order valence-electron chi connectivity index (χ4n) is 4.82. The number of rotatable bonds is 6. The molecular weight excluding hydrogens is 440 g/mol. The lowest BCUT2D eigenvalue weighted by Crippen LogP contribution is -2.50. The summed E-state index contributed by atoms with van der Waals surface area (Å²) in [6.45, 7) is 1.47. The molecule has 1 N–H and O–H groups in total. The van der Waals surface area contributed by atoms with Crippen LogP contribution in [0.15, 0.2) is 79.1 Å². The molecule has 35 heavy (non-hydrogen) atoms. The highest BCUT2D eigenvalue weighted by molar-refractivity contribution is 5.94. The van der Waals surface area contributed by atoms with Crippen LogP contribution in [-0.4, -0.2) is 49.2 Å². The highest BCUT2D eigenvalue weighted by Gasteiger charge is 2.33. The highest BCUT2D eigenvalue weighted by Crippen LogP contribution is 2.37. The Bertz CT molecular complexity index is 1310. The molecule has 0 radical (unpaired) electrons. The molecule has 178 valence electrons. The smallest absolute Gasteiger partial charge is 0.251 e. The Morgan fingerprint density at radius 1 is 0.943 bits per heavy atom. The molecule has 1 aliphatic rings. The van der Waals surface area contributed by atoms with Crippen LogP contribution < -0.4 is 19.7 Å². The Hall–Kier alpha value is -4.13. The van der Waals surface area contributed by atoms with E-state index >= 15 is 0 Å². The molecule has 1 saturated heterocycles. The summed E-state index contributed by atoms with van der Waals surface area (Å²) in [5, 5.41) is 4.20. The van der Waals surface area contributed by atoms with Gasteiger partial charge in [-0.05, 0) is 30.2 Å². The van der Waals surface area contributed by atoms with Gasteiger partial charge in [0.25, 0.3) is 5.91 Å². The van der Waals surface area contributed by atoms with Crippen molar-refractivity contribution in [2.45, 2.75) is 18.4 Å². The second-order valence-corrected chi connectivity index (χ2v) is 8.62. The number of carbonyl (C=O) groups is 1. The molecule has 3 aromatic carbocycles. The van der Waals surface area contributed by atoms with Crippen LogP contribution in [0, 0.1) is 0 Å². The first kappa shape index (κ1) is 22.7.